The number of alkyl halides is 1. The van der Waals surface area contributed by atoms with Crippen LogP contribution >= 0.6 is 11.6 Å². The van der Waals surface area contributed by atoms with Crippen LogP contribution in [0.15, 0.2) is 18.2 Å². The van der Waals surface area contributed by atoms with Gasteiger partial charge in [-0.2, -0.15) is 0 Å². The summed E-state index contributed by atoms with van der Waals surface area (Å²) in [5, 5.41) is 0.0988. The van der Waals surface area contributed by atoms with Gasteiger partial charge in [0.2, 0.25) is 0 Å². The zero-order chi connectivity index (χ0) is 12.3. The lowest BCUT2D eigenvalue weighted by molar-refractivity contribution is 0.289. The van der Waals surface area contributed by atoms with E-state index in [0.29, 0.717) is 6.61 Å². The minimum atomic E-state index is 0.0988. The molecule has 2 heteroatoms. The number of halogens is 1. The Kier molecular flexibility index (Phi) is 4.33. The van der Waals surface area contributed by atoms with Crippen molar-refractivity contribution in [3.05, 3.63) is 29.3 Å². The van der Waals surface area contributed by atoms with Crippen molar-refractivity contribution in [2.75, 3.05) is 6.61 Å². The Labute approximate surface area is 109 Å². The van der Waals surface area contributed by atoms with Crippen LogP contribution in [0, 0.1) is 12.8 Å². The molecule has 94 valence electrons. The van der Waals surface area contributed by atoms with Crippen molar-refractivity contribution in [2.24, 2.45) is 5.92 Å². The second-order valence-corrected chi connectivity index (χ2v) is 5.50. The molecule has 2 rings (SSSR count). The Morgan fingerprint density at radius 3 is 2.76 bits per heavy atom. The molecule has 1 aromatic carbocycles. The van der Waals surface area contributed by atoms with E-state index < -0.39 is 0 Å². The van der Waals surface area contributed by atoms with Gasteiger partial charge in [-0.15, -0.1) is 11.6 Å². The van der Waals surface area contributed by atoms with Crippen molar-refractivity contribution in [1.29, 1.82) is 0 Å². The van der Waals surface area contributed by atoms with Gasteiger partial charge in [-0.3, -0.25) is 0 Å². The molecule has 0 bridgehead atoms. The zero-order valence-electron chi connectivity index (χ0n) is 10.7. The van der Waals surface area contributed by atoms with Gasteiger partial charge < -0.3 is 4.74 Å². The van der Waals surface area contributed by atoms with E-state index in [1.54, 1.807) is 0 Å². The van der Waals surface area contributed by atoms with Gasteiger partial charge in [0.1, 0.15) is 5.75 Å². The Morgan fingerprint density at radius 1 is 1.41 bits per heavy atom. The summed E-state index contributed by atoms with van der Waals surface area (Å²) in [5.74, 6) is 1.78. The molecular weight excluding hydrogens is 232 g/mol. The lowest BCUT2D eigenvalue weighted by atomic mass is 9.81. The number of aryl methyl sites for hydroxylation is 1. The third kappa shape index (κ3) is 3.16. The van der Waals surface area contributed by atoms with Gasteiger partial charge in [-0.1, -0.05) is 37.0 Å². The van der Waals surface area contributed by atoms with Gasteiger partial charge in [0.15, 0.2) is 0 Å². The summed E-state index contributed by atoms with van der Waals surface area (Å²) in [5.41, 5.74) is 2.42. The van der Waals surface area contributed by atoms with Gasteiger partial charge >= 0.3 is 0 Å². The number of ether oxygens (including phenoxy) is 1. The van der Waals surface area contributed by atoms with E-state index in [2.05, 4.69) is 19.1 Å². The molecule has 0 radical (unpaired) electrons. The molecule has 17 heavy (non-hydrogen) atoms. The van der Waals surface area contributed by atoms with Gasteiger partial charge in [0, 0.05) is 5.56 Å². The van der Waals surface area contributed by atoms with Crippen molar-refractivity contribution in [3.63, 3.8) is 0 Å². The highest BCUT2D eigenvalue weighted by Crippen LogP contribution is 2.40. The molecule has 0 spiro atoms. The fourth-order valence-corrected chi connectivity index (χ4v) is 2.77. The summed E-state index contributed by atoms with van der Waals surface area (Å²) >= 11 is 6.55. The summed E-state index contributed by atoms with van der Waals surface area (Å²) in [6.45, 7) is 4.81. The molecular formula is C15H21ClO. The first-order valence-electron chi connectivity index (χ1n) is 6.58. The molecule has 0 aliphatic heterocycles. The number of hydrogen-bond donors (Lipinski definition) is 0. The van der Waals surface area contributed by atoms with E-state index in [0.717, 1.165) is 18.1 Å². The Hall–Kier alpha value is -0.690. The van der Waals surface area contributed by atoms with E-state index in [4.69, 9.17) is 16.3 Å². The van der Waals surface area contributed by atoms with E-state index >= 15 is 0 Å². The minimum absolute atomic E-state index is 0.0988. The second-order valence-electron chi connectivity index (χ2n) is 4.97. The van der Waals surface area contributed by atoms with Crippen LogP contribution in [-0.4, -0.2) is 6.61 Å². The number of rotatable bonds is 5. The molecule has 0 amide bonds. The average Bonchev–Trinajstić information content (AvgIpc) is 2.26. The van der Waals surface area contributed by atoms with Crippen LogP contribution in [0.3, 0.4) is 0 Å². The smallest absolute Gasteiger partial charge is 0.123 e. The average molecular weight is 253 g/mol. The summed E-state index contributed by atoms with van der Waals surface area (Å²) < 4.78 is 5.66. The van der Waals surface area contributed by atoms with Crippen LogP contribution in [0.5, 0.6) is 5.75 Å². The van der Waals surface area contributed by atoms with Crippen molar-refractivity contribution in [2.45, 2.75) is 44.9 Å². The van der Waals surface area contributed by atoms with Gasteiger partial charge in [0.05, 0.1) is 12.0 Å². The lowest BCUT2D eigenvalue weighted by Crippen LogP contribution is -2.13. The third-order valence-electron chi connectivity index (χ3n) is 3.57. The maximum Gasteiger partial charge on any atom is 0.123 e. The third-order valence-corrected chi connectivity index (χ3v) is 3.98. The first-order valence-corrected chi connectivity index (χ1v) is 7.01. The van der Waals surface area contributed by atoms with Crippen LogP contribution in [0.4, 0.5) is 0 Å². The molecule has 1 saturated carbocycles. The Balaban J connectivity index is 2.12. The molecule has 1 aromatic rings. The summed E-state index contributed by atoms with van der Waals surface area (Å²) in [4.78, 5) is 0. The van der Waals surface area contributed by atoms with E-state index in [1.165, 1.54) is 30.4 Å². The van der Waals surface area contributed by atoms with Crippen molar-refractivity contribution in [3.8, 4) is 5.75 Å². The quantitative estimate of drug-likeness (QED) is 0.680. The predicted molar refractivity (Wildman–Crippen MR) is 72.9 cm³/mol. The topological polar surface area (TPSA) is 9.23 Å². The minimum Gasteiger partial charge on any atom is -0.494 e. The predicted octanol–water partition coefficient (Wildman–Crippen LogP) is 4.86. The molecule has 0 aromatic heterocycles. The Bertz CT molecular complexity index is 371. The molecule has 1 nitrogen and oxygen atoms in total. The van der Waals surface area contributed by atoms with Crippen molar-refractivity contribution < 1.29 is 4.74 Å². The van der Waals surface area contributed by atoms with E-state index in [9.17, 15) is 0 Å². The zero-order valence-corrected chi connectivity index (χ0v) is 11.5. The highest BCUT2D eigenvalue weighted by Gasteiger charge is 2.23. The highest BCUT2D eigenvalue weighted by atomic mass is 35.5. The van der Waals surface area contributed by atoms with Crippen LogP contribution in [0.2, 0.25) is 0 Å². The summed E-state index contributed by atoms with van der Waals surface area (Å²) in [6.07, 6.45) is 5.16. The summed E-state index contributed by atoms with van der Waals surface area (Å²) in [6, 6.07) is 6.30. The monoisotopic (exact) mass is 252 g/mol. The fraction of sp³-hybridized carbons (Fsp3) is 0.600. The largest absolute Gasteiger partial charge is 0.494 e. The van der Waals surface area contributed by atoms with Crippen LogP contribution < -0.4 is 4.74 Å². The molecule has 1 atom stereocenters. The Morgan fingerprint density at radius 2 is 2.18 bits per heavy atom. The molecule has 0 saturated heterocycles. The van der Waals surface area contributed by atoms with E-state index in [-0.39, 0.29) is 5.38 Å². The molecule has 1 aliphatic rings. The standard InChI is InChI=1S/C15H21ClO/c1-3-17-15-8-7-11(2)9-13(15)14(16)10-12-5-4-6-12/h7-9,12,14H,3-6,10H2,1-2H3. The number of hydrogen-bond acceptors (Lipinski definition) is 1. The van der Waals surface area contributed by atoms with Crippen molar-refractivity contribution in [1.82, 2.24) is 0 Å². The maximum atomic E-state index is 6.55. The van der Waals surface area contributed by atoms with Crippen LogP contribution in [-0.2, 0) is 0 Å². The van der Waals surface area contributed by atoms with Gasteiger partial charge in [0.25, 0.3) is 0 Å². The normalized spacial score (nSPS) is 17.6. The van der Waals surface area contributed by atoms with Crippen molar-refractivity contribution >= 4 is 11.6 Å². The molecule has 1 unspecified atom stereocenters. The second kappa shape index (κ2) is 5.77. The first-order chi connectivity index (χ1) is 8.20. The fourth-order valence-electron chi connectivity index (χ4n) is 2.35. The SMILES string of the molecule is CCOc1ccc(C)cc1C(Cl)CC1CCC1. The van der Waals surface area contributed by atoms with Crippen LogP contribution in [0.25, 0.3) is 0 Å². The van der Waals surface area contributed by atoms with Gasteiger partial charge in [-0.25, -0.2) is 0 Å². The molecule has 1 fully saturated rings. The first kappa shape index (κ1) is 12.8. The molecule has 1 aliphatic carbocycles. The van der Waals surface area contributed by atoms with E-state index in [1.807, 2.05) is 13.0 Å². The highest BCUT2D eigenvalue weighted by molar-refractivity contribution is 6.21. The van der Waals surface area contributed by atoms with Crippen LogP contribution in [0.1, 0.15) is 49.1 Å². The number of benzene rings is 1. The lowest BCUT2D eigenvalue weighted by Gasteiger charge is -2.28. The van der Waals surface area contributed by atoms with Gasteiger partial charge in [-0.05, 0) is 32.3 Å². The molecule has 0 N–H and O–H groups in total. The molecule has 0 heterocycles. The maximum absolute atomic E-state index is 6.55. The summed E-state index contributed by atoms with van der Waals surface area (Å²) in [7, 11) is 0.